The molecule has 1 aromatic rings. The van der Waals surface area contributed by atoms with E-state index in [9.17, 15) is 0 Å². The highest BCUT2D eigenvalue weighted by molar-refractivity contribution is 5.23. The lowest BCUT2D eigenvalue weighted by molar-refractivity contribution is 0.363. The molecule has 1 N–H and O–H groups in total. The highest BCUT2D eigenvalue weighted by Crippen LogP contribution is 2.22. The highest BCUT2D eigenvalue weighted by atomic mass is 15.0. The molecule has 15 heavy (non-hydrogen) atoms. The van der Waals surface area contributed by atoms with Crippen molar-refractivity contribution in [2.45, 2.75) is 45.6 Å². The van der Waals surface area contributed by atoms with Crippen molar-refractivity contribution in [3.8, 4) is 0 Å². The molecule has 84 valence electrons. The number of hydrogen-bond donors (Lipinski definition) is 1. The molecule has 0 aromatic heterocycles. The first-order valence-electron chi connectivity index (χ1n) is 5.62. The predicted octanol–water partition coefficient (Wildman–Crippen LogP) is 3.35. The third-order valence-corrected chi connectivity index (χ3v) is 2.62. The lowest BCUT2D eigenvalue weighted by atomic mass is 9.84. The minimum Gasteiger partial charge on any atom is -0.311 e. The van der Waals surface area contributed by atoms with Crippen molar-refractivity contribution < 1.29 is 0 Å². The fourth-order valence-electron chi connectivity index (χ4n) is 1.48. The van der Waals surface area contributed by atoms with Gasteiger partial charge >= 0.3 is 0 Å². The van der Waals surface area contributed by atoms with Crippen LogP contribution in [-0.2, 0) is 5.41 Å². The standard InChI is InChI=1S/C14H23N/c1-13(2,3)15-11-14(4,5)12-9-7-6-8-10-12/h6-10,15H,11H2,1-5H3. The van der Waals surface area contributed by atoms with Crippen molar-refractivity contribution >= 4 is 0 Å². The zero-order valence-electron chi connectivity index (χ0n) is 10.6. The van der Waals surface area contributed by atoms with Crippen molar-refractivity contribution in [2.24, 2.45) is 0 Å². The van der Waals surface area contributed by atoms with Gasteiger partial charge in [-0.15, -0.1) is 0 Å². The summed E-state index contributed by atoms with van der Waals surface area (Å²) >= 11 is 0. The average molecular weight is 205 g/mol. The first-order valence-corrected chi connectivity index (χ1v) is 5.62. The monoisotopic (exact) mass is 205 g/mol. The van der Waals surface area contributed by atoms with E-state index >= 15 is 0 Å². The molecule has 0 heterocycles. The van der Waals surface area contributed by atoms with Crippen LogP contribution in [0.4, 0.5) is 0 Å². The van der Waals surface area contributed by atoms with Gasteiger partial charge in [0.15, 0.2) is 0 Å². The maximum atomic E-state index is 3.56. The number of rotatable bonds is 3. The summed E-state index contributed by atoms with van der Waals surface area (Å²) in [4.78, 5) is 0. The summed E-state index contributed by atoms with van der Waals surface area (Å²) in [5.74, 6) is 0. The van der Waals surface area contributed by atoms with E-state index in [4.69, 9.17) is 0 Å². The second-order valence-corrected chi connectivity index (χ2v) is 5.85. The van der Waals surface area contributed by atoms with Gasteiger partial charge < -0.3 is 5.32 Å². The van der Waals surface area contributed by atoms with E-state index in [0.29, 0.717) is 0 Å². The van der Waals surface area contributed by atoms with Gasteiger partial charge in [-0.05, 0) is 26.3 Å². The maximum Gasteiger partial charge on any atom is 0.00968 e. The lowest BCUT2D eigenvalue weighted by Crippen LogP contribution is -2.43. The first kappa shape index (κ1) is 12.3. The van der Waals surface area contributed by atoms with Crippen molar-refractivity contribution in [3.63, 3.8) is 0 Å². The molecule has 0 saturated heterocycles. The molecule has 1 rings (SSSR count). The predicted molar refractivity (Wildman–Crippen MR) is 67.2 cm³/mol. The Hall–Kier alpha value is -0.820. The number of nitrogens with one attached hydrogen (secondary N) is 1. The van der Waals surface area contributed by atoms with Crippen molar-refractivity contribution in [1.82, 2.24) is 5.32 Å². The van der Waals surface area contributed by atoms with E-state index in [1.165, 1.54) is 5.56 Å². The third-order valence-electron chi connectivity index (χ3n) is 2.62. The molecule has 0 aliphatic rings. The Labute approximate surface area is 93.9 Å². The van der Waals surface area contributed by atoms with E-state index < -0.39 is 0 Å². The van der Waals surface area contributed by atoms with Gasteiger partial charge in [-0.25, -0.2) is 0 Å². The van der Waals surface area contributed by atoms with Gasteiger partial charge in [-0.1, -0.05) is 44.2 Å². The molecule has 0 spiro atoms. The second kappa shape index (κ2) is 4.36. The molecule has 0 saturated carbocycles. The third kappa shape index (κ3) is 4.05. The Bertz CT molecular complexity index is 293. The Morgan fingerprint density at radius 1 is 0.933 bits per heavy atom. The van der Waals surface area contributed by atoms with Crippen LogP contribution in [-0.4, -0.2) is 12.1 Å². The molecule has 0 fully saturated rings. The molecule has 0 aliphatic heterocycles. The van der Waals surface area contributed by atoms with E-state index in [-0.39, 0.29) is 11.0 Å². The maximum absolute atomic E-state index is 3.56. The smallest absolute Gasteiger partial charge is 0.00968 e. The summed E-state index contributed by atoms with van der Waals surface area (Å²) in [6, 6.07) is 10.7. The molecule has 0 radical (unpaired) electrons. The SMILES string of the molecule is CC(C)(C)NCC(C)(C)c1ccccc1. The Kier molecular flexibility index (Phi) is 3.56. The Balaban J connectivity index is 2.68. The van der Waals surface area contributed by atoms with Gasteiger partial charge in [0.05, 0.1) is 0 Å². The Morgan fingerprint density at radius 3 is 1.93 bits per heavy atom. The number of benzene rings is 1. The lowest BCUT2D eigenvalue weighted by Gasteiger charge is -2.31. The summed E-state index contributed by atoms with van der Waals surface area (Å²) in [7, 11) is 0. The van der Waals surface area contributed by atoms with Crippen LogP contribution >= 0.6 is 0 Å². The molecule has 0 amide bonds. The van der Waals surface area contributed by atoms with Crippen LogP contribution in [0, 0.1) is 0 Å². The molecular formula is C14H23N. The normalized spacial score (nSPS) is 12.9. The summed E-state index contributed by atoms with van der Waals surface area (Å²) < 4.78 is 0. The van der Waals surface area contributed by atoms with Gasteiger partial charge in [0.1, 0.15) is 0 Å². The minimum absolute atomic E-state index is 0.187. The van der Waals surface area contributed by atoms with Crippen LogP contribution < -0.4 is 5.32 Å². The summed E-state index contributed by atoms with van der Waals surface area (Å²) in [6.07, 6.45) is 0. The quantitative estimate of drug-likeness (QED) is 0.798. The van der Waals surface area contributed by atoms with Crippen molar-refractivity contribution in [1.29, 1.82) is 0 Å². The van der Waals surface area contributed by atoms with Crippen LogP contribution in [0.5, 0.6) is 0 Å². The van der Waals surface area contributed by atoms with E-state index in [2.05, 4.69) is 70.3 Å². The molecular weight excluding hydrogens is 182 g/mol. The first-order chi connectivity index (χ1) is 6.81. The summed E-state index contributed by atoms with van der Waals surface area (Å²) in [5, 5.41) is 3.56. The van der Waals surface area contributed by atoms with E-state index in [1.54, 1.807) is 0 Å². The molecule has 0 bridgehead atoms. The summed E-state index contributed by atoms with van der Waals surface area (Å²) in [5.41, 5.74) is 1.77. The Morgan fingerprint density at radius 2 is 1.47 bits per heavy atom. The van der Waals surface area contributed by atoms with Crippen molar-refractivity contribution in [2.75, 3.05) is 6.54 Å². The van der Waals surface area contributed by atoms with Crippen molar-refractivity contribution in [3.05, 3.63) is 35.9 Å². The van der Waals surface area contributed by atoms with E-state index in [1.807, 2.05) is 0 Å². The fraction of sp³-hybridized carbons (Fsp3) is 0.571. The zero-order valence-corrected chi connectivity index (χ0v) is 10.6. The average Bonchev–Trinajstić information content (AvgIpc) is 2.16. The van der Waals surface area contributed by atoms with Crippen LogP contribution in [0.3, 0.4) is 0 Å². The highest BCUT2D eigenvalue weighted by Gasteiger charge is 2.22. The summed E-state index contributed by atoms with van der Waals surface area (Å²) in [6.45, 7) is 12.2. The molecule has 1 aromatic carbocycles. The topological polar surface area (TPSA) is 12.0 Å². The molecule has 0 unspecified atom stereocenters. The molecule has 1 heteroatoms. The van der Waals surface area contributed by atoms with Crippen LogP contribution in [0.15, 0.2) is 30.3 Å². The fourth-order valence-corrected chi connectivity index (χ4v) is 1.48. The van der Waals surface area contributed by atoms with E-state index in [0.717, 1.165) is 6.54 Å². The molecule has 1 nitrogen and oxygen atoms in total. The molecule has 0 atom stereocenters. The van der Waals surface area contributed by atoms with Gasteiger partial charge in [-0.2, -0.15) is 0 Å². The minimum atomic E-state index is 0.187. The van der Waals surface area contributed by atoms with Gasteiger partial charge in [0.25, 0.3) is 0 Å². The largest absolute Gasteiger partial charge is 0.311 e. The van der Waals surface area contributed by atoms with Gasteiger partial charge in [0, 0.05) is 17.5 Å². The van der Waals surface area contributed by atoms with Crippen LogP contribution in [0.1, 0.15) is 40.2 Å². The number of hydrogen-bond acceptors (Lipinski definition) is 1. The van der Waals surface area contributed by atoms with Gasteiger partial charge in [0.2, 0.25) is 0 Å². The zero-order chi connectivity index (χ0) is 11.5. The van der Waals surface area contributed by atoms with Gasteiger partial charge in [-0.3, -0.25) is 0 Å². The van der Waals surface area contributed by atoms with Crippen LogP contribution in [0.25, 0.3) is 0 Å². The van der Waals surface area contributed by atoms with Crippen LogP contribution in [0.2, 0.25) is 0 Å². The molecule has 0 aliphatic carbocycles. The second-order valence-electron chi connectivity index (χ2n) is 5.85.